The summed E-state index contributed by atoms with van der Waals surface area (Å²) in [5, 5.41) is 4.80. The van der Waals surface area contributed by atoms with Crippen molar-refractivity contribution in [3.8, 4) is 0 Å². The van der Waals surface area contributed by atoms with Crippen LogP contribution in [-0.2, 0) is 12.6 Å². The lowest BCUT2D eigenvalue weighted by molar-refractivity contribution is -0.137. The number of nitrogens with one attached hydrogen (secondary N) is 1. The SMILES string of the molecule is CC(C)c1cccn2nc([C@@H]3c4nc[nH]c4CCN3c3ccc(C(F)(F)F)cn3)cc12. The van der Waals surface area contributed by atoms with Gasteiger partial charge < -0.3 is 9.88 Å². The van der Waals surface area contributed by atoms with Crippen LogP contribution in [0.3, 0.4) is 0 Å². The van der Waals surface area contributed by atoms with Crippen LogP contribution in [0, 0.1) is 0 Å². The number of aromatic nitrogens is 5. The quantitative estimate of drug-likeness (QED) is 0.514. The van der Waals surface area contributed by atoms with Crippen LogP contribution in [0.4, 0.5) is 19.0 Å². The Labute approximate surface area is 176 Å². The molecule has 0 saturated carbocycles. The smallest absolute Gasteiger partial charge is 0.348 e. The Morgan fingerprint density at radius 3 is 2.71 bits per heavy atom. The van der Waals surface area contributed by atoms with Crippen molar-refractivity contribution in [2.24, 2.45) is 0 Å². The summed E-state index contributed by atoms with van der Waals surface area (Å²) in [5.41, 5.74) is 4.04. The molecular weight excluding hydrogens is 405 g/mol. The van der Waals surface area contributed by atoms with E-state index in [0.717, 1.165) is 34.9 Å². The first-order chi connectivity index (χ1) is 14.8. The molecule has 6 nitrogen and oxygen atoms in total. The number of H-pyrrole nitrogens is 1. The lowest BCUT2D eigenvalue weighted by Gasteiger charge is -2.35. The van der Waals surface area contributed by atoms with Crippen LogP contribution in [0.2, 0.25) is 0 Å². The van der Waals surface area contributed by atoms with Gasteiger partial charge in [-0.1, -0.05) is 19.9 Å². The lowest BCUT2D eigenvalue weighted by Crippen LogP contribution is -2.37. The maximum atomic E-state index is 13.0. The van der Waals surface area contributed by atoms with Gasteiger partial charge in [-0.3, -0.25) is 0 Å². The molecule has 4 aromatic heterocycles. The summed E-state index contributed by atoms with van der Waals surface area (Å²) < 4.78 is 40.8. The Morgan fingerprint density at radius 2 is 2.00 bits per heavy atom. The van der Waals surface area contributed by atoms with E-state index < -0.39 is 11.7 Å². The number of nitrogens with zero attached hydrogens (tertiary/aromatic N) is 5. The standard InChI is InChI=1S/C22H21F3N6/c1-13(2)15-4-3-8-31-18(15)10-17(29-31)21-20-16(27-12-28-20)7-9-30(21)19-6-5-14(11-26-19)22(23,24)25/h3-6,8,10-13,21H,7,9H2,1-2H3,(H,27,28)/t21-/m1/s1. The number of fused-ring (bicyclic) bond motifs is 2. The molecule has 31 heavy (non-hydrogen) atoms. The maximum absolute atomic E-state index is 13.0. The monoisotopic (exact) mass is 426 g/mol. The van der Waals surface area contributed by atoms with E-state index in [9.17, 15) is 13.2 Å². The van der Waals surface area contributed by atoms with Crippen molar-refractivity contribution < 1.29 is 13.2 Å². The summed E-state index contributed by atoms with van der Waals surface area (Å²) in [6.07, 6.45) is 0.708. The highest BCUT2D eigenvalue weighted by Crippen LogP contribution is 2.37. The number of halogens is 3. The van der Waals surface area contributed by atoms with Gasteiger partial charge in [0.05, 0.1) is 28.8 Å². The van der Waals surface area contributed by atoms with E-state index in [-0.39, 0.29) is 6.04 Å². The van der Waals surface area contributed by atoms with Gasteiger partial charge in [-0.05, 0) is 35.7 Å². The first-order valence-corrected chi connectivity index (χ1v) is 10.1. The fourth-order valence-electron chi connectivity index (χ4n) is 4.22. The number of hydrogen-bond acceptors (Lipinski definition) is 4. The van der Waals surface area contributed by atoms with Crippen LogP contribution < -0.4 is 4.90 Å². The number of hydrogen-bond donors (Lipinski definition) is 1. The minimum absolute atomic E-state index is 0.327. The second-order valence-corrected chi connectivity index (χ2v) is 8.03. The lowest BCUT2D eigenvalue weighted by atomic mass is 9.98. The molecule has 1 atom stereocenters. The van der Waals surface area contributed by atoms with Crippen molar-refractivity contribution >= 4 is 11.3 Å². The molecule has 5 rings (SSSR count). The highest BCUT2D eigenvalue weighted by Gasteiger charge is 2.35. The summed E-state index contributed by atoms with van der Waals surface area (Å²) in [5.74, 6) is 0.793. The van der Waals surface area contributed by atoms with Crippen LogP contribution in [0.5, 0.6) is 0 Å². The topological polar surface area (TPSA) is 62.1 Å². The molecule has 1 N–H and O–H groups in total. The molecule has 0 fully saturated rings. The number of imidazole rings is 1. The fraction of sp³-hybridized carbons (Fsp3) is 0.318. The second-order valence-electron chi connectivity index (χ2n) is 8.03. The van der Waals surface area contributed by atoms with Crippen molar-refractivity contribution in [3.63, 3.8) is 0 Å². The number of alkyl halides is 3. The summed E-state index contributed by atoms with van der Waals surface area (Å²) >= 11 is 0. The molecule has 1 aliphatic rings. The predicted octanol–water partition coefficient (Wildman–Crippen LogP) is 4.75. The zero-order chi connectivity index (χ0) is 21.8. The van der Waals surface area contributed by atoms with Gasteiger partial charge in [0.1, 0.15) is 11.9 Å². The first-order valence-electron chi connectivity index (χ1n) is 10.1. The zero-order valence-electron chi connectivity index (χ0n) is 17.1. The highest BCUT2D eigenvalue weighted by atomic mass is 19.4. The van der Waals surface area contributed by atoms with Gasteiger partial charge in [0.15, 0.2) is 0 Å². The summed E-state index contributed by atoms with van der Waals surface area (Å²) in [6.45, 7) is 4.85. The van der Waals surface area contributed by atoms with Crippen molar-refractivity contribution in [3.05, 3.63) is 77.3 Å². The third-order valence-corrected chi connectivity index (χ3v) is 5.75. The Kier molecular flexibility index (Phi) is 4.49. The maximum Gasteiger partial charge on any atom is 0.417 e. The molecule has 9 heteroatoms. The molecule has 0 saturated heterocycles. The van der Waals surface area contributed by atoms with Gasteiger partial charge in [0.25, 0.3) is 0 Å². The molecule has 0 amide bonds. The van der Waals surface area contributed by atoms with E-state index in [1.165, 1.54) is 11.6 Å². The molecule has 0 radical (unpaired) electrons. The Hall–Kier alpha value is -3.36. The Bertz CT molecular complexity index is 1220. The average Bonchev–Trinajstić information content (AvgIpc) is 3.38. The van der Waals surface area contributed by atoms with Crippen LogP contribution >= 0.6 is 0 Å². The van der Waals surface area contributed by atoms with Gasteiger partial charge in [-0.25, -0.2) is 14.5 Å². The van der Waals surface area contributed by atoms with Crippen LogP contribution in [0.25, 0.3) is 5.52 Å². The molecule has 5 heterocycles. The van der Waals surface area contributed by atoms with Crippen LogP contribution in [-0.4, -0.2) is 31.1 Å². The normalized spacial score (nSPS) is 16.8. The molecule has 0 bridgehead atoms. The van der Waals surface area contributed by atoms with E-state index in [0.29, 0.717) is 24.7 Å². The Balaban J connectivity index is 1.62. The van der Waals surface area contributed by atoms with E-state index in [2.05, 4.69) is 34.9 Å². The highest BCUT2D eigenvalue weighted by molar-refractivity contribution is 5.59. The number of pyridine rings is 2. The van der Waals surface area contributed by atoms with Crippen LogP contribution in [0.15, 0.2) is 49.1 Å². The van der Waals surface area contributed by atoms with E-state index in [4.69, 9.17) is 5.10 Å². The molecule has 0 unspecified atom stereocenters. The molecule has 160 valence electrons. The minimum Gasteiger partial charge on any atom is -0.348 e. The van der Waals surface area contributed by atoms with E-state index in [1.807, 2.05) is 27.7 Å². The number of anilines is 1. The zero-order valence-corrected chi connectivity index (χ0v) is 17.1. The Morgan fingerprint density at radius 1 is 1.16 bits per heavy atom. The van der Waals surface area contributed by atoms with E-state index >= 15 is 0 Å². The van der Waals surface area contributed by atoms with E-state index in [1.54, 1.807) is 6.33 Å². The van der Waals surface area contributed by atoms with Crippen molar-refractivity contribution in [1.82, 2.24) is 24.6 Å². The predicted molar refractivity (Wildman–Crippen MR) is 110 cm³/mol. The third kappa shape index (κ3) is 3.34. The first kappa shape index (κ1) is 19.6. The van der Waals surface area contributed by atoms with Gasteiger partial charge in [-0.2, -0.15) is 18.3 Å². The van der Waals surface area contributed by atoms with Crippen molar-refractivity contribution in [1.29, 1.82) is 0 Å². The van der Waals surface area contributed by atoms with Crippen molar-refractivity contribution in [2.75, 3.05) is 11.4 Å². The molecule has 0 aromatic carbocycles. The second kappa shape index (κ2) is 7.11. The number of rotatable bonds is 3. The molecule has 1 aliphatic heterocycles. The summed E-state index contributed by atoms with van der Waals surface area (Å²) in [6, 6.07) is 8.24. The summed E-state index contributed by atoms with van der Waals surface area (Å²) in [4.78, 5) is 13.8. The third-order valence-electron chi connectivity index (χ3n) is 5.75. The fourth-order valence-corrected chi connectivity index (χ4v) is 4.22. The molecular formula is C22H21F3N6. The molecule has 0 spiro atoms. The average molecular weight is 426 g/mol. The number of aromatic amines is 1. The minimum atomic E-state index is -4.42. The van der Waals surface area contributed by atoms with Gasteiger partial charge in [0, 0.05) is 31.1 Å². The van der Waals surface area contributed by atoms with Gasteiger partial charge >= 0.3 is 6.18 Å². The molecule has 0 aliphatic carbocycles. The van der Waals surface area contributed by atoms with Crippen molar-refractivity contribution in [2.45, 2.75) is 38.4 Å². The van der Waals surface area contributed by atoms with Crippen LogP contribution in [0.1, 0.15) is 54.0 Å². The van der Waals surface area contributed by atoms with Gasteiger partial charge in [-0.15, -0.1) is 0 Å². The summed E-state index contributed by atoms with van der Waals surface area (Å²) in [7, 11) is 0. The molecule has 4 aromatic rings. The van der Waals surface area contributed by atoms with Gasteiger partial charge in [0.2, 0.25) is 0 Å². The largest absolute Gasteiger partial charge is 0.417 e.